The highest BCUT2D eigenvalue weighted by molar-refractivity contribution is 7.92. The lowest BCUT2D eigenvalue weighted by atomic mass is 9.97. The van der Waals surface area contributed by atoms with Crippen LogP contribution in [0.1, 0.15) is 33.9 Å². The molecule has 0 unspecified atom stereocenters. The summed E-state index contributed by atoms with van der Waals surface area (Å²) in [6, 6.07) is 19.7. The molecule has 0 aliphatic carbocycles. The summed E-state index contributed by atoms with van der Waals surface area (Å²) >= 11 is 6.25. The summed E-state index contributed by atoms with van der Waals surface area (Å²) in [5.41, 5.74) is 2.48. The Bertz CT molecular complexity index is 1320. The second kappa shape index (κ2) is 8.64. The second-order valence-electron chi connectivity index (χ2n) is 7.41. The predicted octanol–water partition coefficient (Wildman–Crippen LogP) is 4.41. The van der Waals surface area contributed by atoms with Gasteiger partial charge in [0.2, 0.25) is 10.0 Å². The predicted molar refractivity (Wildman–Crippen MR) is 125 cm³/mol. The number of phenolic OH excluding ortho intramolecular Hbond substituents is 1. The van der Waals surface area contributed by atoms with Crippen LogP contribution in [0, 0.1) is 0 Å². The minimum absolute atomic E-state index is 0.0541. The van der Waals surface area contributed by atoms with E-state index in [4.69, 9.17) is 11.6 Å². The maximum atomic E-state index is 13.4. The molecule has 1 atom stereocenters. The molecule has 32 heavy (non-hydrogen) atoms. The maximum Gasteiger partial charge on any atom is 0.276 e. The maximum absolute atomic E-state index is 13.4. The molecule has 4 rings (SSSR count). The molecule has 164 valence electrons. The van der Waals surface area contributed by atoms with Gasteiger partial charge < -0.3 is 5.11 Å². The number of hydrogen-bond donors (Lipinski definition) is 2. The molecule has 7 nitrogen and oxygen atoms in total. The molecule has 1 aliphatic heterocycles. The van der Waals surface area contributed by atoms with Gasteiger partial charge in [0.15, 0.2) is 0 Å². The highest BCUT2D eigenvalue weighted by Crippen LogP contribution is 2.38. The topological polar surface area (TPSA) is 99.1 Å². The number of anilines is 1. The van der Waals surface area contributed by atoms with Gasteiger partial charge in [-0.25, -0.2) is 13.4 Å². The highest BCUT2D eigenvalue weighted by atomic mass is 35.5. The number of aromatic hydroxyl groups is 1. The Labute approximate surface area is 191 Å². The second-order valence-corrected chi connectivity index (χ2v) is 9.57. The van der Waals surface area contributed by atoms with Gasteiger partial charge in [0.25, 0.3) is 5.91 Å². The fourth-order valence-electron chi connectivity index (χ4n) is 3.62. The largest absolute Gasteiger partial charge is 0.508 e. The summed E-state index contributed by atoms with van der Waals surface area (Å²) in [5, 5.41) is 16.6. The van der Waals surface area contributed by atoms with Gasteiger partial charge in [-0.2, -0.15) is 5.10 Å². The van der Waals surface area contributed by atoms with E-state index in [-0.39, 0.29) is 5.75 Å². The first kappa shape index (κ1) is 21.9. The van der Waals surface area contributed by atoms with Gasteiger partial charge >= 0.3 is 0 Å². The Balaban J connectivity index is 1.76. The number of benzene rings is 3. The van der Waals surface area contributed by atoms with E-state index in [0.29, 0.717) is 39.5 Å². The van der Waals surface area contributed by atoms with Crippen LogP contribution in [0.3, 0.4) is 0 Å². The summed E-state index contributed by atoms with van der Waals surface area (Å²) in [6.45, 7) is 0. The number of amides is 1. The molecule has 0 saturated carbocycles. The summed E-state index contributed by atoms with van der Waals surface area (Å²) in [6.07, 6.45) is 1.40. The Hall–Kier alpha value is -3.36. The molecule has 0 radical (unpaired) electrons. The van der Waals surface area contributed by atoms with Crippen LogP contribution in [0.2, 0.25) is 5.02 Å². The van der Waals surface area contributed by atoms with Crippen molar-refractivity contribution in [2.24, 2.45) is 5.10 Å². The van der Waals surface area contributed by atoms with Crippen LogP contribution in [-0.4, -0.2) is 36.4 Å². The number of sulfonamides is 1. The zero-order valence-electron chi connectivity index (χ0n) is 17.1. The number of halogens is 1. The summed E-state index contributed by atoms with van der Waals surface area (Å²) in [4.78, 5) is 13.4. The Morgan fingerprint density at radius 1 is 1.09 bits per heavy atom. The van der Waals surface area contributed by atoms with Gasteiger partial charge in [-0.3, -0.25) is 9.52 Å². The molecule has 1 heterocycles. The SMILES string of the molecule is CS(=O)(=O)Nc1cccc(C2=NN(C(=O)c3ccccc3Cl)[C@H](c3ccccc3O)C2)c1. The summed E-state index contributed by atoms with van der Waals surface area (Å²) < 4.78 is 25.7. The first-order chi connectivity index (χ1) is 15.2. The molecule has 2 N–H and O–H groups in total. The van der Waals surface area contributed by atoms with Gasteiger partial charge in [0.05, 0.1) is 28.6 Å². The number of carbonyl (C=O) groups excluding carboxylic acids is 1. The number of para-hydroxylation sites is 1. The van der Waals surface area contributed by atoms with E-state index >= 15 is 0 Å². The van der Waals surface area contributed by atoms with Crippen molar-refractivity contribution in [3.63, 3.8) is 0 Å². The van der Waals surface area contributed by atoms with Gasteiger partial charge in [0, 0.05) is 17.7 Å². The lowest BCUT2D eigenvalue weighted by Gasteiger charge is -2.23. The van der Waals surface area contributed by atoms with Crippen LogP contribution >= 0.6 is 11.6 Å². The number of nitrogens with zero attached hydrogens (tertiary/aromatic N) is 2. The minimum Gasteiger partial charge on any atom is -0.508 e. The van der Waals surface area contributed by atoms with Crippen LogP contribution in [-0.2, 0) is 10.0 Å². The van der Waals surface area contributed by atoms with Crippen molar-refractivity contribution < 1.29 is 18.3 Å². The third kappa shape index (κ3) is 4.61. The zero-order chi connectivity index (χ0) is 22.9. The van der Waals surface area contributed by atoms with Crippen molar-refractivity contribution in [3.05, 3.63) is 94.5 Å². The fourth-order valence-corrected chi connectivity index (χ4v) is 4.39. The molecule has 0 fully saturated rings. The van der Waals surface area contributed by atoms with Crippen LogP contribution < -0.4 is 4.72 Å². The Morgan fingerprint density at radius 2 is 1.81 bits per heavy atom. The molecule has 3 aromatic carbocycles. The van der Waals surface area contributed by atoms with E-state index in [1.165, 1.54) is 5.01 Å². The Morgan fingerprint density at radius 3 is 2.53 bits per heavy atom. The third-order valence-corrected chi connectivity index (χ3v) is 5.95. The number of hydrazone groups is 1. The van der Waals surface area contributed by atoms with E-state index in [1.54, 1.807) is 72.8 Å². The first-order valence-corrected chi connectivity index (χ1v) is 12.0. The zero-order valence-corrected chi connectivity index (χ0v) is 18.6. The molecule has 0 spiro atoms. The van der Waals surface area contributed by atoms with Crippen molar-refractivity contribution in [1.82, 2.24) is 5.01 Å². The lowest BCUT2D eigenvalue weighted by molar-refractivity contribution is 0.0710. The average molecular weight is 470 g/mol. The molecule has 1 amide bonds. The van der Waals surface area contributed by atoms with Gasteiger partial charge in [-0.15, -0.1) is 0 Å². The molecule has 0 aromatic heterocycles. The molecular formula is C23H20ClN3O4S. The Kier molecular flexibility index (Phi) is 5.90. The van der Waals surface area contributed by atoms with Crippen LogP contribution in [0.15, 0.2) is 77.9 Å². The number of rotatable bonds is 5. The minimum atomic E-state index is -3.44. The van der Waals surface area contributed by atoms with Crippen LogP contribution in [0.5, 0.6) is 5.75 Å². The van der Waals surface area contributed by atoms with E-state index in [1.807, 2.05) is 0 Å². The molecule has 0 saturated heterocycles. The molecule has 3 aromatic rings. The standard InChI is InChI=1S/C23H20ClN3O4S/c1-32(30,31)26-16-8-6-7-15(13-16)20-14-21(18-10-3-5-12-22(18)28)27(25-20)23(29)17-9-2-4-11-19(17)24/h2-13,21,26,28H,14H2,1H3/t21-/m0/s1. The van der Waals surface area contributed by atoms with Gasteiger partial charge in [0.1, 0.15) is 5.75 Å². The number of nitrogens with one attached hydrogen (secondary N) is 1. The molecule has 9 heteroatoms. The smallest absolute Gasteiger partial charge is 0.276 e. The van der Waals surface area contributed by atoms with Crippen molar-refractivity contribution in [3.8, 4) is 5.75 Å². The molecular weight excluding hydrogens is 450 g/mol. The monoisotopic (exact) mass is 469 g/mol. The number of hydrogen-bond acceptors (Lipinski definition) is 5. The fraction of sp³-hybridized carbons (Fsp3) is 0.130. The third-order valence-electron chi connectivity index (χ3n) is 5.02. The first-order valence-electron chi connectivity index (χ1n) is 9.74. The lowest BCUT2D eigenvalue weighted by Crippen LogP contribution is -2.27. The van der Waals surface area contributed by atoms with E-state index in [2.05, 4.69) is 9.82 Å². The van der Waals surface area contributed by atoms with Crippen LogP contribution in [0.4, 0.5) is 5.69 Å². The van der Waals surface area contributed by atoms with Gasteiger partial charge in [-0.1, -0.05) is 54.1 Å². The van der Waals surface area contributed by atoms with E-state index < -0.39 is 22.0 Å². The highest BCUT2D eigenvalue weighted by Gasteiger charge is 2.35. The van der Waals surface area contributed by atoms with Crippen molar-refractivity contribution in [2.45, 2.75) is 12.5 Å². The molecule has 1 aliphatic rings. The normalized spacial score (nSPS) is 16.0. The van der Waals surface area contributed by atoms with E-state index in [0.717, 1.165) is 6.26 Å². The number of phenols is 1. The van der Waals surface area contributed by atoms with Crippen LogP contribution in [0.25, 0.3) is 0 Å². The van der Waals surface area contributed by atoms with Crippen molar-refractivity contribution in [1.29, 1.82) is 0 Å². The van der Waals surface area contributed by atoms with Gasteiger partial charge in [-0.05, 0) is 35.9 Å². The van der Waals surface area contributed by atoms with E-state index in [9.17, 15) is 18.3 Å². The van der Waals surface area contributed by atoms with Crippen molar-refractivity contribution >= 4 is 38.9 Å². The summed E-state index contributed by atoms with van der Waals surface area (Å²) in [5.74, 6) is -0.345. The summed E-state index contributed by atoms with van der Waals surface area (Å²) in [7, 11) is -3.44. The number of carbonyl (C=O) groups is 1. The average Bonchev–Trinajstić information content (AvgIpc) is 3.18. The van der Waals surface area contributed by atoms with Crippen molar-refractivity contribution in [2.75, 3.05) is 11.0 Å². The quantitative estimate of drug-likeness (QED) is 0.578. The molecule has 0 bridgehead atoms.